The van der Waals surface area contributed by atoms with Gasteiger partial charge in [-0.15, -0.1) is 0 Å². The molecule has 1 saturated heterocycles. The number of nitrogens with one attached hydrogen (secondary N) is 1. The number of hydrogen-bond acceptors (Lipinski definition) is 5. The summed E-state index contributed by atoms with van der Waals surface area (Å²) in [4.78, 5) is 55.8. The van der Waals surface area contributed by atoms with Crippen molar-refractivity contribution in [1.82, 2.24) is 19.7 Å². The molecule has 3 aromatic rings. The molecule has 1 N–H and O–H groups in total. The van der Waals surface area contributed by atoms with Crippen LogP contribution in [0.1, 0.15) is 45.3 Å². The van der Waals surface area contributed by atoms with Gasteiger partial charge in [0, 0.05) is 58.0 Å². The standard InChI is InChI=1S/C29H28F2N4O5/c1-18(36)34-11-10-29(17-34)16-33(2)28(39)24-26(40-15-19-6-4-3-5-7-19)25(37)22(14-35(24)29)27(38)32-13-20-8-9-21(30)12-23(20)31/h3-9,12,14H,10-11,13,15-17H2,1-2H3,(H,32,38). The molecule has 2 aromatic carbocycles. The van der Waals surface area contributed by atoms with Gasteiger partial charge < -0.3 is 24.4 Å². The van der Waals surface area contributed by atoms with E-state index in [1.54, 1.807) is 28.6 Å². The third-order valence-electron chi connectivity index (χ3n) is 7.46. The van der Waals surface area contributed by atoms with E-state index < -0.39 is 34.4 Å². The minimum atomic E-state index is -0.836. The van der Waals surface area contributed by atoms with Crippen LogP contribution < -0.4 is 15.5 Å². The Kier molecular flexibility index (Phi) is 7.14. The van der Waals surface area contributed by atoms with Crippen molar-refractivity contribution in [1.29, 1.82) is 0 Å². The summed E-state index contributed by atoms with van der Waals surface area (Å²) in [7, 11) is 1.62. The average Bonchev–Trinajstić information content (AvgIpc) is 3.35. The van der Waals surface area contributed by atoms with Crippen LogP contribution in [0.2, 0.25) is 0 Å². The summed E-state index contributed by atoms with van der Waals surface area (Å²) in [5, 5.41) is 2.52. The Labute approximate surface area is 229 Å². The number of aromatic nitrogens is 1. The SMILES string of the molecule is CC(=O)N1CCC2(CN(C)C(=O)c3c(OCc4ccccc4)c(=O)c(C(=O)NCc4ccc(F)cc4F)cn32)C1. The van der Waals surface area contributed by atoms with Crippen LogP contribution in [-0.4, -0.2) is 58.8 Å². The lowest BCUT2D eigenvalue weighted by molar-refractivity contribution is -0.128. The van der Waals surface area contributed by atoms with Gasteiger partial charge >= 0.3 is 0 Å². The molecular weight excluding hydrogens is 522 g/mol. The Hall–Kier alpha value is -4.54. The summed E-state index contributed by atoms with van der Waals surface area (Å²) in [6.45, 7) is 2.11. The first-order valence-electron chi connectivity index (χ1n) is 12.8. The molecule has 1 spiro atoms. The summed E-state index contributed by atoms with van der Waals surface area (Å²) in [5.74, 6) is -3.25. The summed E-state index contributed by atoms with van der Waals surface area (Å²) < 4.78 is 35.0. The van der Waals surface area contributed by atoms with E-state index in [1.165, 1.54) is 24.1 Å². The molecule has 1 unspecified atom stereocenters. The highest BCUT2D eigenvalue weighted by Crippen LogP contribution is 2.37. The Morgan fingerprint density at radius 3 is 2.50 bits per heavy atom. The van der Waals surface area contributed by atoms with Crippen molar-refractivity contribution in [2.24, 2.45) is 0 Å². The molecule has 5 rings (SSSR count). The second-order valence-corrected chi connectivity index (χ2v) is 10.2. The quantitative estimate of drug-likeness (QED) is 0.509. The molecule has 0 saturated carbocycles. The van der Waals surface area contributed by atoms with Crippen LogP contribution in [0.3, 0.4) is 0 Å². The Balaban J connectivity index is 1.59. The zero-order chi connectivity index (χ0) is 28.6. The maximum atomic E-state index is 14.2. The van der Waals surface area contributed by atoms with Gasteiger partial charge in [0.05, 0.1) is 5.54 Å². The van der Waals surface area contributed by atoms with Crippen LogP contribution in [0, 0.1) is 11.6 Å². The number of fused-ring (bicyclic) bond motifs is 2. The van der Waals surface area contributed by atoms with Gasteiger partial charge in [-0.3, -0.25) is 19.2 Å². The van der Waals surface area contributed by atoms with Gasteiger partial charge in [-0.05, 0) is 18.1 Å². The van der Waals surface area contributed by atoms with E-state index in [1.807, 2.05) is 18.2 Å². The van der Waals surface area contributed by atoms with Crippen LogP contribution in [-0.2, 0) is 23.5 Å². The Morgan fingerprint density at radius 2 is 1.82 bits per heavy atom. The molecule has 9 nitrogen and oxygen atoms in total. The third kappa shape index (κ3) is 4.94. The number of likely N-dealkylation sites (tertiary alicyclic amines) is 1. The summed E-state index contributed by atoms with van der Waals surface area (Å²) in [6, 6.07) is 12.0. The molecule has 0 radical (unpaired) electrons. The number of pyridine rings is 1. The molecular formula is C29H28F2N4O5. The Bertz CT molecular complexity index is 1560. The first-order chi connectivity index (χ1) is 19.1. The summed E-state index contributed by atoms with van der Waals surface area (Å²) in [5.41, 5.74) is -1.10. The monoisotopic (exact) mass is 550 g/mol. The second-order valence-electron chi connectivity index (χ2n) is 10.2. The predicted octanol–water partition coefficient (Wildman–Crippen LogP) is 2.67. The second kappa shape index (κ2) is 10.6. The molecule has 1 fully saturated rings. The zero-order valence-electron chi connectivity index (χ0n) is 22.1. The van der Waals surface area contributed by atoms with Crippen LogP contribution in [0.4, 0.5) is 8.78 Å². The Morgan fingerprint density at radius 1 is 1.07 bits per heavy atom. The fourth-order valence-corrected chi connectivity index (χ4v) is 5.35. The summed E-state index contributed by atoms with van der Waals surface area (Å²) >= 11 is 0. The molecule has 3 amide bonds. The predicted molar refractivity (Wildman–Crippen MR) is 141 cm³/mol. The highest BCUT2D eigenvalue weighted by molar-refractivity contribution is 5.99. The van der Waals surface area contributed by atoms with Crippen molar-refractivity contribution in [3.05, 3.63) is 99.0 Å². The fraction of sp³-hybridized carbons (Fsp3) is 0.310. The lowest BCUT2D eigenvalue weighted by Crippen LogP contribution is -2.55. The minimum absolute atomic E-state index is 0.00112. The molecule has 1 atom stereocenters. The van der Waals surface area contributed by atoms with Crippen LogP contribution in [0.5, 0.6) is 5.75 Å². The lowest BCUT2D eigenvalue weighted by atomic mass is 9.92. The number of carbonyl (C=O) groups excluding carboxylic acids is 3. The van der Waals surface area contributed by atoms with Gasteiger partial charge in [-0.25, -0.2) is 8.78 Å². The maximum absolute atomic E-state index is 14.2. The number of carbonyl (C=O) groups is 3. The van der Waals surface area contributed by atoms with Gasteiger partial charge in [0.1, 0.15) is 23.8 Å². The van der Waals surface area contributed by atoms with E-state index in [9.17, 15) is 28.0 Å². The van der Waals surface area contributed by atoms with Crippen molar-refractivity contribution >= 4 is 17.7 Å². The number of benzene rings is 2. The van der Waals surface area contributed by atoms with Crippen LogP contribution >= 0.6 is 0 Å². The number of hydrogen-bond donors (Lipinski definition) is 1. The van der Waals surface area contributed by atoms with Gasteiger partial charge in [0.2, 0.25) is 11.3 Å². The number of halogens is 2. The minimum Gasteiger partial charge on any atom is -0.483 e. The third-order valence-corrected chi connectivity index (χ3v) is 7.46. The highest BCUT2D eigenvalue weighted by Gasteiger charge is 2.48. The smallest absolute Gasteiger partial charge is 0.274 e. The van der Waals surface area contributed by atoms with E-state index >= 15 is 0 Å². The number of amides is 3. The van der Waals surface area contributed by atoms with E-state index in [0.717, 1.165) is 11.6 Å². The fourth-order valence-electron chi connectivity index (χ4n) is 5.35. The van der Waals surface area contributed by atoms with Crippen LogP contribution in [0.15, 0.2) is 59.5 Å². The van der Waals surface area contributed by atoms with Gasteiger partial charge in [-0.2, -0.15) is 0 Å². The molecule has 1 aromatic heterocycles. The average molecular weight is 551 g/mol. The van der Waals surface area contributed by atoms with E-state index in [0.29, 0.717) is 19.0 Å². The molecule has 208 valence electrons. The molecule has 40 heavy (non-hydrogen) atoms. The topological polar surface area (TPSA) is 101 Å². The molecule has 0 bridgehead atoms. The van der Waals surface area contributed by atoms with E-state index in [-0.39, 0.29) is 54.7 Å². The van der Waals surface area contributed by atoms with Gasteiger partial charge in [-0.1, -0.05) is 36.4 Å². The molecule has 3 heterocycles. The van der Waals surface area contributed by atoms with Crippen LogP contribution in [0.25, 0.3) is 0 Å². The molecule has 2 aliphatic heterocycles. The molecule has 0 aliphatic carbocycles. The zero-order valence-corrected chi connectivity index (χ0v) is 22.1. The number of likely N-dealkylation sites (N-methyl/N-ethyl adjacent to an activating group) is 1. The van der Waals surface area contributed by atoms with Crippen molar-refractivity contribution in [3.63, 3.8) is 0 Å². The first-order valence-corrected chi connectivity index (χ1v) is 12.8. The largest absolute Gasteiger partial charge is 0.483 e. The number of ether oxygens (including phenoxy) is 1. The van der Waals surface area contributed by atoms with E-state index in [2.05, 4.69) is 5.32 Å². The van der Waals surface area contributed by atoms with E-state index in [4.69, 9.17) is 4.74 Å². The van der Waals surface area contributed by atoms with Crippen molar-refractivity contribution in [2.45, 2.75) is 32.0 Å². The normalized spacial score (nSPS) is 18.1. The number of nitrogens with zero attached hydrogens (tertiary/aromatic N) is 3. The molecule has 2 aliphatic rings. The molecule has 11 heteroatoms. The van der Waals surface area contributed by atoms with Crippen molar-refractivity contribution < 1.29 is 27.9 Å². The van der Waals surface area contributed by atoms with Gasteiger partial charge in [0.25, 0.3) is 11.8 Å². The van der Waals surface area contributed by atoms with Crippen molar-refractivity contribution in [3.8, 4) is 5.75 Å². The van der Waals surface area contributed by atoms with Gasteiger partial charge in [0.15, 0.2) is 11.4 Å². The van der Waals surface area contributed by atoms with Crippen molar-refractivity contribution in [2.75, 3.05) is 26.7 Å². The summed E-state index contributed by atoms with van der Waals surface area (Å²) in [6.07, 6.45) is 1.82. The number of rotatable bonds is 6. The maximum Gasteiger partial charge on any atom is 0.274 e. The lowest BCUT2D eigenvalue weighted by Gasteiger charge is -2.42. The highest BCUT2D eigenvalue weighted by atomic mass is 19.1. The first kappa shape index (κ1) is 27.0.